The lowest BCUT2D eigenvalue weighted by atomic mass is 10.7. The van der Waals surface area contributed by atoms with E-state index in [1.807, 2.05) is 0 Å². The Kier molecular flexibility index (Phi) is 1.21. The van der Waals surface area contributed by atoms with Crippen LogP contribution in [0.5, 0.6) is 0 Å². The molecule has 0 aliphatic carbocycles. The van der Waals surface area contributed by atoms with Crippen molar-refractivity contribution in [3.05, 3.63) is 0 Å². The lowest BCUT2D eigenvalue weighted by Gasteiger charge is -1.94. The van der Waals surface area contributed by atoms with E-state index < -0.39 is 0 Å². The normalized spacial score (nSPS) is 30.4. The van der Waals surface area contributed by atoms with Gasteiger partial charge in [0.2, 0.25) is 0 Å². The van der Waals surface area contributed by atoms with Gasteiger partial charge in [0.05, 0.1) is 5.75 Å². The maximum Gasteiger partial charge on any atom is 0.369 e. The summed E-state index contributed by atoms with van der Waals surface area (Å²) in [4.78, 5) is 10.1. The molecule has 0 aromatic rings. The monoisotopic (exact) mass is 119 g/mol. The van der Waals surface area contributed by atoms with Crippen molar-refractivity contribution in [3.63, 3.8) is 0 Å². The summed E-state index contributed by atoms with van der Waals surface area (Å²) in [5, 5.41) is -0.257. The van der Waals surface area contributed by atoms with Gasteiger partial charge in [-0.05, 0) is 11.8 Å². The largest absolute Gasteiger partial charge is 0.438 e. The molecule has 1 rings (SSSR count). The first-order valence-corrected chi connectivity index (χ1v) is 2.86. The van der Waals surface area contributed by atoms with Crippen LogP contribution in [-0.4, -0.2) is 17.3 Å². The number of carbonyl (C=O) groups excluding carboxylic acids is 1. The van der Waals surface area contributed by atoms with Gasteiger partial charge in [-0.15, -0.1) is 0 Å². The Bertz CT molecular complexity index is 94.9. The van der Waals surface area contributed by atoms with E-state index in [9.17, 15) is 4.79 Å². The van der Waals surface area contributed by atoms with Crippen molar-refractivity contribution < 1.29 is 9.53 Å². The second kappa shape index (κ2) is 1.71. The third-order valence-corrected chi connectivity index (χ3v) is 1.44. The highest BCUT2D eigenvalue weighted by atomic mass is 32.2. The molecule has 0 amide bonds. The van der Waals surface area contributed by atoms with Gasteiger partial charge < -0.3 is 4.74 Å². The summed E-state index contributed by atoms with van der Waals surface area (Å²) in [6.07, 6.45) is -0.363. The molecule has 0 saturated carbocycles. The van der Waals surface area contributed by atoms with E-state index in [2.05, 4.69) is 4.74 Å². The molecule has 40 valence electrons. The first-order valence-electron chi connectivity index (χ1n) is 1.88. The van der Waals surface area contributed by atoms with Crippen molar-refractivity contribution in [2.75, 3.05) is 5.75 Å². The molecule has 0 radical (unpaired) electrons. The lowest BCUT2D eigenvalue weighted by Crippen LogP contribution is -2.20. The van der Waals surface area contributed by atoms with Crippen LogP contribution < -0.4 is 5.73 Å². The van der Waals surface area contributed by atoms with Crippen LogP contribution in [0.15, 0.2) is 0 Å². The fourth-order valence-electron chi connectivity index (χ4n) is 0.342. The molecule has 0 spiro atoms. The van der Waals surface area contributed by atoms with Crippen LogP contribution in [0.4, 0.5) is 4.79 Å². The molecule has 1 heterocycles. The summed E-state index contributed by atoms with van der Waals surface area (Å²) in [5.74, 6) is 0.596. The van der Waals surface area contributed by atoms with Crippen LogP contribution >= 0.6 is 11.8 Å². The molecular weight excluding hydrogens is 114 g/mol. The smallest absolute Gasteiger partial charge is 0.369 e. The molecular formula is C3H5NO2S. The molecule has 4 heteroatoms. The molecule has 1 unspecified atom stereocenters. The molecule has 3 nitrogen and oxygen atoms in total. The van der Waals surface area contributed by atoms with Crippen molar-refractivity contribution in [3.8, 4) is 0 Å². The molecule has 1 atom stereocenters. The molecule has 1 aliphatic rings. The number of rotatable bonds is 0. The van der Waals surface area contributed by atoms with Crippen molar-refractivity contribution in [2.45, 2.75) is 6.23 Å². The van der Waals surface area contributed by atoms with Crippen LogP contribution in [0.2, 0.25) is 0 Å². The first kappa shape index (κ1) is 4.93. The Morgan fingerprint density at radius 3 is 2.86 bits per heavy atom. The molecule has 0 bridgehead atoms. The fourth-order valence-corrected chi connectivity index (χ4v) is 0.902. The van der Waals surface area contributed by atoms with Crippen LogP contribution in [0.1, 0.15) is 0 Å². The van der Waals surface area contributed by atoms with Crippen LogP contribution in [0, 0.1) is 0 Å². The van der Waals surface area contributed by atoms with Gasteiger partial charge in [-0.25, -0.2) is 4.79 Å². The van der Waals surface area contributed by atoms with Crippen LogP contribution in [-0.2, 0) is 4.74 Å². The van der Waals surface area contributed by atoms with Gasteiger partial charge in [-0.3, -0.25) is 5.73 Å². The highest BCUT2D eigenvalue weighted by Crippen LogP contribution is 2.15. The zero-order valence-corrected chi connectivity index (χ0v) is 4.40. The average Bonchev–Trinajstić information content (AvgIpc) is 1.87. The Morgan fingerprint density at radius 1 is 2.00 bits per heavy atom. The number of thioether (sulfide) groups is 1. The lowest BCUT2D eigenvalue weighted by molar-refractivity contribution is 0.148. The van der Waals surface area contributed by atoms with Crippen LogP contribution in [0.25, 0.3) is 0 Å². The van der Waals surface area contributed by atoms with E-state index in [0.717, 1.165) is 11.8 Å². The number of carbonyl (C=O) groups is 1. The predicted molar refractivity (Wildman–Crippen MR) is 26.9 cm³/mol. The summed E-state index contributed by atoms with van der Waals surface area (Å²) < 4.78 is 4.46. The van der Waals surface area contributed by atoms with E-state index in [4.69, 9.17) is 5.73 Å². The summed E-state index contributed by atoms with van der Waals surface area (Å²) in [5.41, 5.74) is 5.16. The first-order chi connectivity index (χ1) is 3.29. The average molecular weight is 119 g/mol. The van der Waals surface area contributed by atoms with Crippen molar-refractivity contribution in [2.24, 2.45) is 5.73 Å². The zero-order valence-electron chi connectivity index (χ0n) is 3.59. The second-order valence-electron chi connectivity index (χ2n) is 1.22. The number of hydrogen-bond donors (Lipinski definition) is 1. The van der Waals surface area contributed by atoms with Crippen LogP contribution in [0.3, 0.4) is 0 Å². The van der Waals surface area contributed by atoms with Crippen molar-refractivity contribution in [1.29, 1.82) is 0 Å². The third-order valence-electron chi connectivity index (χ3n) is 0.613. The molecule has 1 saturated heterocycles. The Morgan fingerprint density at radius 2 is 2.71 bits per heavy atom. The molecule has 2 N–H and O–H groups in total. The minimum absolute atomic E-state index is 0.257. The van der Waals surface area contributed by atoms with E-state index >= 15 is 0 Å². The van der Waals surface area contributed by atoms with E-state index in [-0.39, 0.29) is 11.5 Å². The van der Waals surface area contributed by atoms with Crippen molar-refractivity contribution >= 4 is 17.1 Å². The Hall–Kier alpha value is -0.220. The van der Waals surface area contributed by atoms with E-state index in [0.29, 0.717) is 5.75 Å². The molecule has 7 heavy (non-hydrogen) atoms. The maximum atomic E-state index is 10.1. The maximum absolute atomic E-state index is 10.1. The third kappa shape index (κ3) is 1.07. The fraction of sp³-hybridized carbons (Fsp3) is 0.667. The van der Waals surface area contributed by atoms with Gasteiger partial charge >= 0.3 is 5.30 Å². The van der Waals surface area contributed by atoms with Crippen molar-refractivity contribution in [1.82, 2.24) is 0 Å². The molecule has 0 aromatic carbocycles. The van der Waals surface area contributed by atoms with Gasteiger partial charge in [0.15, 0.2) is 6.23 Å². The highest BCUT2D eigenvalue weighted by molar-refractivity contribution is 8.13. The molecule has 1 fully saturated rings. The number of hydrogen-bond acceptors (Lipinski definition) is 4. The quantitative estimate of drug-likeness (QED) is 0.461. The number of ether oxygens (including phenoxy) is 1. The summed E-state index contributed by atoms with van der Waals surface area (Å²) >= 11 is 1.12. The molecule has 1 aliphatic heterocycles. The van der Waals surface area contributed by atoms with Gasteiger partial charge in [-0.2, -0.15) is 0 Å². The molecule has 0 aromatic heterocycles. The minimum atomic E-state index is -0.363. The van der Waals surface area contributed by atoms with Gasteiger partial charge in [0.1, 0.15) is 0 Å². The number of cyclic esters (lactones) is 1. The van der Waals surface area contributed by atoms with Gasteiger partial charge in [0, 0.05) is 0 Å². The number of nitrogens with two attached hydrogens (primary N) is 1. The Labute approximate surface area is 45.2 Å². The van der Waals surface area contributed by atoms with Gasteiger partial charge in [0.25, 0.3) is 0 Å². The summed E-state index contributed by atoms with van der Waals surface area (Å²) in [6, 6.07) is 0. The Balaban J connectivity index is 2.40. The SMILES string of the molecule is NC1CSC(=O)O1. The topological polar surface area (TPSA) is 52.3 Å². The van der Waals surface area contributed by atoms with Gasteiger partial charge in [-0.1, -0.05) is 0 Å². The van der Waals surface area contributed by atoms with E-state index in [1.54, 1.807) is 0 Å². The predicted octanol–water partition coefficient (Wildman–Crippen LogP) is 0.155. The highest BCUT2D eigenvalue weighted by Gasteiger charge is 2.19. The standard InChI is InChI=1S/C3H5NO2S/c4-2-1-7-3(5)6-2/h2H,1,4H2. The second-order valence-corrected chi connectivity index (χ2v) is 2.17. The zero-order chi connectivity index (χ0) is 5.28. The summed E-state index contributed by atoms with van der Waals surface area (Å²) in [6.45, 7) is 0. The minimum Gasteiger partial charge on any atom is -0.438 e. The van der Waals surface area contributed by atoms with E-state index in [1.165, 1.54) is 0 Å². The summed E-state index contributed by atoms with van der Waals surface area (Å²) in [7, 11) is 0.